The van der Waals surface area contributed by atoms with Crippen LogP contribution >= 0.6 is 12.0 Å². The van der Waals surface area contributed by atoms with Crippen LogP contribution in [0, 0.1) is 22.7 Å². The number of allylic oxidation sites excluding steroid dienone is 1. The molecular weight excluding hydrogens is 550 g/mol. The van der Waals surface area contributed by atoms with Crippen molar-refractivity contribution in [3.63, 3.8) is 0 Å². The van der Waals surface area contributed by atoms with Crippen molar-refractivity contribution in [2.75, 3.05) is 0 Å². The van der Waals surface area contributed by atoms with Crippen LogP contribution in [0.2, 0.25) is 0 Å². The number of rotatable bonds is 5. The molecule has 6 rings (SSSR count). The Morgan fingerprint density at radius 2 is 2.00 bits per heavy atom. The Kier molecular flexibility index (Phi) is 6.83. The molecule has 3 saturated carbocycles. The molecule has 222 valence electrons. The predicted molar refractivity (Wildman–Crippen MR) is 136 cm³/mol. The van der Waals surface area contributed by atoms with Crippen LogP contribution in [-0.4, -0.2) is 64.6 Å². The van der Waals surface area contributed by atoms with Gasteiger partial charge in [-0.1, -0.05) is 27.2 Å². The first kappa shape index (κ1) is 28.4. The van der Waals surface area contributed by atoms with Gasteiger partial charge in [0.2, 0.25) is 0 Å². The second-order valence-corrected chi connectivity index (χ2v) is 13.5. The average molecular weight is 587 g/mol. The topological polar surface area (TPSA) is 118 Å². The average Bonchev–Trinajstić information content (AvgIpc) is 3.53. The van der Waals surface area contributed by atoms with E-state index in [1.807, 2.05) is 13.8 Å². The smallest absolute Gasteiger partial charge is 0.425 e. The third kappa shape index (κ3) is 3.84. The van der Waals surface area contributed by atoms with Crippen molar-refractivity contribution in [2.24, 2.45) is 22.7 Å². The first-order valence-electron chi connectivity index (χ1n) is 14.2. The standard InChI is InChI=1S/C28H36F2O9S/c1-4-5-23-35-20-12-15-16-11-18(29)17-10-14(31)8-9-25(17,2)27(16,30)19(32)13-26(15,3)28(20,38-23)40-39-24(34)37-22-7-6-21(33)36-22/h10,15-16,18-20,22-23,32H,4-9,11-13H2,1-3H3/t15?,16?,18-,19-,20+,22?,23+,25-,26-,27-,28-/m0/s1. The molecule has 12 heteroatoms. The molecule has 1 N–H and O–H groups in total. The van der Waals surface area contributed by atoms with E-state index in [4.69, 9.17) is 23.1 Å². The first-order valence-corrected chi connectivity index (χ1v) is 15.0. The van der Waals surface area contributed by atoms with E-state index in [9.17, 15) is 19.5 Å². The predicted octanol–water partition coefficient (Wildman–Crippen LogP) is 4.84. The van der Waals surface area contributed by atoms with Gasteiger partial charge in [0.05, 0.1) is 12.5 Å². The van der Waals surface area contributed by atoms with E-state index in [1.165, 1.54) is 6.08 Å². The van der Waals surface area contributed by atoms with Gasteiger partial charge in [-0.25, -0.2) is 13.6 Å². The van der Waals surface area contributed by atoms with Crippen LogP contribution < -0.4 is 0 Å². The highest BCUT2D eigenvalue weighted by molar-refractivity contribution is 7.96. The normalized spacial score (nSPS) is 49.4. The van der Waals surface area contributed by atoms with E-state index in [1.54, 1.807) is 6.92 Å². The number of carbonyl (C=O) groups is 3. The van der Waals surface area contributed by atoms with Gasteiger partial charge in [-0.15, -0.1) is 0 Å². The first-order chi connectivity index (χ1) is 18.9. The van der Waals surface area contributed by atoms with Gasteiger partial charge >= 0.3 is 12.1 Å². The number of hydrogen-bond donors (Lipinski definition) is 1. The van der Waals surface area contributed by atoms with E-state index < -0.39 is 76.4 Å². The number of esters is 1. The Hall–Kier alpha value is -1.76. The monoisotopic (exact) mass is 586 g/mol. The molecule has 2 heterocycles. The van der Waals surface area contributed by atoms with Gasteiger partial charge in [0.15, 0.2) is 17.0 Å². The van der Waals surface area contributed by atoms with Gasteiger partial charge in [-0.05, 0) is 49.7 Å². The summed E-state index contributed by atoms with van der Waals surface area (Å²) in [6, 6.07) is 0. The summed E-state index contributed by atoms with van der Waals surface area (Å²) in [6.45, 7) is 5.48. The molecular formula is C28H36F2O9S. The highest BCUT2D eigenvalue weighted by Crippen LogP contribution is 2.74. The number of fused-ring (bicyclic) bond motifs is 7. The zero-order chi connectivity index (χ0) is 28.7. The summed E-state index contributed by atoms with van der Waals surface area (Å²) in [5.41, 5.74) is -4.31. The number of ether oxygens (including phenoxy) is 4. The number of alkyl halides is 2. The highest BCUT2D eigenvalue weighted by Gasteiger charge is 2.79. The van der Waals surface area contributed by atoms with E-state index in [0.717, 1.165) is 18.5 Å². The summed E-state index contributed by atoms with van der Waals surface area (Å²) >= 11 is 0.726. The van der Waals surface area contributed by atoms with Crippen LogP contribution in [0.5, 0.6) is 0 Å². The molecule has 0 aromatic heterocycles. The lowest BCUT2D eigenvalue weighted by atomic mass is 9.44. The molecule has 11 atom stereocenters. The molecule has 3 unspecified atom stereocenters. The maximum atomic E-state index is 17.5. The Morgan fingerprint density at radius 1 is 1.23 bits per heavy atom. The van der Waals surface area contributed by atoms with Crippen LogP contribution in [0.1, 0.15) is 78.6 Å². The van der Waals surface area contributed by atoms with E-state index in [-0.39, 0.29) is 49.9 Å². The Balaban J connectivity index is 1.32. The SMILES string of the molecule is CCC[C@@H]1O[C@@H]2CC3C4C[C@H](F)C5=CC(=O)CC[C@]5(C)[C@@]4(F)[C@@H](O)C[C@]3(C)[C@]2(SOC(=O)OC2CCC(=O)O2)O1. The molecule has 6 aliphatic rings. The third-order valence-corrected chi connectivity index (χ3v) is 11.9. The molecule has 0 spiro atoms. The number of carbonyl (C=O) groups excluding carboxylic acids is 3. The lowest BCUT2D eigenvalue weighted by molar-refractivity contribution is -0.232. The Morgan fingerprint density at radius 3 is 2.70 bits per heavy atom. The number of hydrogen-bond acceptors (Lipinski definition) is 10. The van der Waals surface area contributed by atoms with Gasteiger partial charge in [-0.2, -0.15) is 0 Å². The van der Waals surface area contributed by atoms with Crippen molar-refractivity contribution in [3.05, 3.63) is 11.6 Å². The van der Waals surface area contributed by atoms with Gasteiger partial charge in [0, 0.05) is 29.6 Å². The van der Waals surface area contributed by atoms with Crippen LogP contribution in [0.4, 0.5) is 13.6 Å². The summed E-state index contributed by atoms with van der Waals surface area (Å²) in [5, 5.41) is 11.6. The van der Waals surface area contributed by atoms with E-state index in [0.29, 0.717) is 12.8 Å². The fourth-order valence-electron chi connectivity index (χ4n) is 8.60. The van der Waals surface area contributed by atoms with Crippen LogP contribution in [0.3, 0.4) is 0 Å². The van der Waals surface area contributed by atoms with Crippen molar-refractivity contribution in [2.45, 2.75) is 120 Å². The van der Waals surface area contributed by atoms with Crippen molar-refractivity contribution in [1.82, 2.24) is 0 Å². The molecule has 4 aliphatic carbocycles. The number of ketones is 1. The molecule has 2 aliphatic heterocycles. The molecule has 0 amide bonds. The zero-order valence-corrected chi connectivity index (χ0v) is 23.7. The second-order valence-electron chi connectivity index (χ2n) is 12.6. The Labute approximate surface area is 235 Å². The van der Waals surface area contributed by atoms with Crippen LogP contribution in [0.25, 0.3) is 0 Å². The summed E-state index contributed by atoms with van der Waals surface area (Å²) in [6.07, 6.45) is -3.04. The maximum Gasteiger partial charge on any atom is 0.523 e. The maximum absolute atomic E-state index is 17.5. The molecule has 40 heavy (non-hydrogen) atoms. The summed E-state index contributed by atoms with van der Waals surface area (Å²) in [7, 11) is 0. The van der Waals surface area contributed by atoms with Gasteiger partial charge in [0.1, 0.15) is 30.0 Å². The summed E-state index contributed by atoms with van der Waals surface area (Å²) in [5.74, 6) is -2.04. The van der Waals surface area contributed by atoms with Crippen LogP contribution in [0.15, 0.2) is 11.6 Å². The lowest BCUT2D eigenvalue weighted by Crippen LogP contribution is -2.70. The third-order valence-electron chi connectivity index (χ3n) is 10.6. The number of aliphatic hydroxyl groups is 1. The van der Waals surface area contributed by atoms with Gasteiger partial charge < -0.3 is 28.2 Å². The highest BCUT2D eigenvalue weighted by atomic mass is 32.2. The molecule has 0 aromatic rings. The molecule has 0 aromatic carbocycles. The lowest BCUT2D eigenvalue weighted by Gasteiger charge is -2.63. The molecule has 9 nitrogen and oxygen atoms in total. The van der Waals surface area contributed by atoms with Crippen LogP contribution in [-0.2, 0) is 32.7 Å². The number of aliphatic hydroxyl groups excluding tert-OH is 1. The quantitative estimate of drug-likeness (QED) is 0.354. The Bertz CT molecular complexity index is 1140. The molecule has 0 radical (unpaired) electrons. The minimum absolute atomic E-state index is 0.0389. The fraction of sp³-hybridized carbons (Fsp3) is 0.821. The molecule has 0 bridgehead atoms. The minimum atomic E-state index is -2.16. The number of halogens is 2. The van der Waals surface area contributed by atoms with Gasteiger partial charge in [-0.3, -0.25) is 9.59 Å². The van der Waals surface area contributed by atoms with Crippen molar-refractivity contribution >= 4 is 30.0 Å². The zero-order valence-electron chi connectivity index (χ0n) is 22.9. The summed E-state index contributed by atoms with van der Waals surface area (Å²) < 4.78 is 61.6. The van der Waals surface area contributed by atoms with Crippen molar-refractivity contribution < 1.29 is 51.4 Å². The summed E-state index contributed by atoms with van der Waals surface area (Å²) in [4.78, 5) is 34.8. The minimum Gasteiger partial charge on any atom is -0.425 e. The second kappa shape index (κ2) is 9.64. The van der Waals surface area contributed by atoms with E-state index in [2.05, 4.69) is 0 Å². The molecule has 2 saturated heterocycles. The fourth-order valence-corrected chi connectivity index (χ4v) is 9.66. The largest absolute Gasteiger partial charge is 0.523 e. The van der Waals surface area contributed by atoms with Gasteiger partial charge in [0.25, 0.3) is 6.29 Å². The van der Waals surface area contributed by atoms with Crippen molar-refractivity contribution in [3.8, 4) is 0 Å². The van der Waals surface area contributed by atoms with Crippen molar-refractivity contribution in [1.29, 1.82) is 0 Å². The number of cyclic esters (lactones) is 1. The van der Waals surface area contributed by atoms with E-state index >= 15 is 8.78 Å². The molecule has 5 fully saturated rings.